The van der Waals surface area contributed by atoms with E-state index in [-0.39, 0.29) is 0 Å². The minimum atomic E-state index is 0.708. The Labute approximate surface area is 181 Å². The van der Waals surface area contributed by atoms with Crippen molar-refractivity contribution in [2.75, 3.05) is 4.90 Å². The zero-order chi connectivity index (χ0) is 20.9. The van der Waals surface area contributed by atoms with E-state index in [0.717, 1.165) is 33.9 Å². The summed E-state index contributed by atoms with van der Waals surface area (Å²) in [5, 5.41) is 0. The lowest BCUT2D eigenvalue weighted by Gasteiger charge is -2.26. The second kappa shape index (κ2) is 8.59. The van der Waals surface area contributed by atoms with Crippen molar-refractivity contribution in [3.8, 4) is 22.6 Å². The second-order valence-corrected chi connectivity index (χ2v) is 7.06. The maximum Gasteiger partial charge on any atom is 0.159 e. The minimum Gasteiger partial charge on any atom is -0.310 e. The van der Waals surface area contributed by atoms with Crippen LogP contribution < -0.4 is 4.90 Å². The van der Waals surface area contributed by atoms with E-state index in [9.17, 15) is 0 Å². The van der Waals surface area contributed by atoms with Crippen LogP contribution in [-0.2, 0) is 0 Å². The van der Waals surface area contributed by atoms with Gasteiger partial charge in [0.05, 0.1) is 5.69 Å². The van der Waals surface area contributed by atoms with Crippen molar-refractivity contribution in [2.24, 2.45) is 0 Å². The Morgan fingerprint density at radius 3 is 1.77 bits per heavy atom. The summed E-state index contributed by atoms with van der Waals surface area (Å²) in [6, 6.07) is 34.9. The first-order valence-corrected chi connectivity index (χ1v) is 10.1. The van der Waals surface area contributed by atoms with Crippen LogP contribution in [0.3, 0.4) is 0 Å². The topological polar surface area (TPSA) is 41.9 Å². The van der Waals surface area contributed by atoms with Gasteiger partial charge >= 0.3 is 0 Å². The monoisotopic (exact) mass is 400 g/mol. The van der Waals surface area contributed by atoms with Crippen LogP contribution in [0, 0.1) is 0 Å². The third-order valence-corrected chi connectivity index (χ3v) is 5.01. The molecule has 0 radical (unpaired) electrons. The summed E-state index contributed by atoms with van der Waals surface area (Å²) in [7, 11) is 0. The fraction of sp³-hybridized carbons (Fsp3) is 0. The van der Waals surface area contributed by atoms with Gasteiger partial charge in [0, 0.05) is 46.8 Å². The van der Waals surface area contributed by atoms with Gasteiger partial charge in [0.15, 0.2) is 5.82 Å². The smallest absolute Gasteiger partial charge is 0.159 e. The number of rotatable bonds is 5. The predicted molar refractivity (Wildman–Crippen MR) is 125 cm³/mol. The molecule has 4 nitrogen and oxygen atoms in total. The first kappa shape index (κ1) is 18.7. The first-order chi connectivity index (χ1) is 15.4. The predicted octanol–water partition coefficient (Wildman–Crippen LogP) is 6.68. The number of hydrogen-bond acceptors (Lipinski definition) is 4. The van der Waals surface area contributed by atoms with E-state index in [1.807, 2.05) is 48.7 Å². The molecule has 5 rings (SSSR count). The van der Waals surface area contributed by atoms with Gasteiger partial charge in [-0.15, -0.1) is 0 Å². The van der Waals surface area contributed by atoms with Crippen LogP contribution in [0.15, 0.2) is 122 Å². The maximum atomic E-state index is 4.51. The molecule has 3 aromatic carbocycles. The average molecular weight is 400 g/mol. The number of pyridine rings is 1. The molecular weight excluding hydrogens is 380 g/mol. The molecule has 0 spiro atoms. The van der Waals surface area contributed by atoms with Gasteiger partial charge in [0.2, 0.25) is 0 Å². The van der Waals surface area contributed by atoms with E-state index in [1.54, 1.807) is 12.4 Å². The molecule has 0 aliphatic carbocycles. The highest BCUT2D eigenvalue weighted by Crippen LogP contribution is 2.37. The molecule has 2 aromatic heterocycles. The summed E-state index contributed by atoms with van der Waals surface area (Å²) < 4.78 is 0. The van der Waals surface area contributed by atoms with E-state index in [4.69, 9.17) is 0 Å². The van der Waals surface area contributed by atoms with E-state index in [2.05, 4.69) is 80.5 Å². The third kappa shape index (κ3) is 4.05. The molecule has 0 aliphatic rings. The van der Waals surface area contributed by atoms with Crippen LogP contribution in [0.5, 0.6) is 0 Å². The van der Waals surface area contributed by atoms with E-state index in [0.29, 0.717) is 5.82 Å². The normalized spacial score (nSPS) is 10.6. The van der Waals surface area contributed by atoms with Crippen LogP contribution in [0.25, 0.3) is 22.6 Å². The number of para-hydroxylation sites is 1. The van der Waals surface area contributed by atoms with Crippen LogP contribution >= 0.6 is 0 Å². The van der Waals surface area contributed by atoms with Crippen molar-refractivity contribution in [3.05, 3.63) is 122 Å². The van der Waals surface area contributed by atoms with Gasteiger partial charge in [-0.2, -0.15) is 0 Å². The zero-order valence-electron chi connectivity index (χ0n) is 16.8. The Bertz CT molecular complexity index is 1190. The van der Waals surface area contributed by atoms with E-state index < -0.39 is 0 Å². The third-order valence-electron chi connectivity index (χ3n) is 5.01. The van der Waals surface area contributed by atoms with Gasteiger partial charge < -0.3 is 4.90 Å². The van der Waals surface area contributed by atoms with Gasteiger partial charge in [-0.25, -0.2) is 9.97 Å². The van der Waals surface area contributed by atoms with Crippen LogP contribution in [0.1, 0.15) is 0 Å². The molecule has 0 atom stereocenters. The summed E-state index contributed by atoms with van der Waals surface area (Å²) in [4.78, 5) is 15.6. The zero-order valence-corrected chi connectivity index (χ0v) is 16.8. The number of benzene rings is 3. The summed E-state index contributed by atoms with van der Waals surface area (Å²) in [5.74, 6) is 0.708. The molecule has 0 amide bonds. The van der Waals surface area contributed by atoms with Crippen molar-refractivity contribution < 1.29 is 0 Å². The molecule has 0 saturated carbocycles. The van der Waals surface area contributed by atoms with E-state index >= 15 is 0 Å². The number of hydrogen-bond donors (Lipinski definition) is 0. The Hall–Kier alpha value is -4.31. The lowest BCUT2D eigenvalue weighted by molar-refractivity contribution is 1.17. The van der Waals surface area contributed by atoms with Crippen LogP contribution in [0.4, 0.5) is 17.1 Å². The highest BCUT2D eigenvalue weighted by Gasteiger charge is 2.14. The first-order valence-electron chi connectivity index (χ1n) is 10.1. The molecule has 2 heterocycles. The number of nitrogens with zero attached hydrogens (tertiary/aromatic N) is 4. The number of anilines is 3. The molecule has 4 heteroatoms. The van der Waals surface area contributed by atoms with Gasteiger partial charge in [-0.1, -0.05) is 48.5 Å². The lowest BCUT2D eigenvalue weighted by atomic mass is 10.1. The van der Waals surface area contributed by atoms with Crippen molar-refractivity contribution in [1.82, 2.24) is 15.0 Å². The molecular formula is C27H20N4. The molecule has 0 unspecified atom stereocenters. The quantitative estimate of drug-likeness (QED) is 0.330. The van der Waals surface area contributed by atoms with Crippen molar-refractivity contribution >= 4 is 17.1 Å². The van der Waals surface area contributed by atoms with Gasteiger partial charge in [-0.3, -0.25) is 4.98 Å². The Kier molecular flexibility index (Phi) is 5.18. The van der Waals surface area contributed by atoms with Gasteiger partial charge in [-0.05, 0) is 54.6 Å². The summed E-state index contributed by atoms with van der Waals surface area (Å²) >= 11 is 0. The number of aromatic nitrogens is 3. The molecule has 0 aliphatic heterocycles. The molecule has 148 valence electrons. The van der Waals surface area contributed by atoms with Crippen molar-refractivity contribution in [2.45, 2.75) is 0 Å². The van der Waals surface area contributed by atoms with E-state index in [1.165, 1.54) is 0 Å². The Morgan fingerprint density at radius 2 is 1.06 bits per heavy atom. The second-order valence-electron chi connectivity index (χ2n) is 7.06. The van der Waals surface area contributed by atoms with Gasteiger partial charge in [0.25, 0.3) is 0 Å². The SMILES string of the molecule is c1ccc(N(c2cccc(-c3ccccn3)c2)c2cccc(-c3ncccn3)c2)cc1. The van der Waals surface area contributed by atoms with Crippen molar-refractivity contribution in [3.63, 3.8) is 0 Å². The molecule has 0 fully saturated rings. The van der Waals surface area contributed by atoms with Crippen LogP contribution in [-0.4, -0.2) is 15.0 Å². The standard InChI is InChI=1S/C27H20N4/c1-2-11-23(12-3-1)31(24-13-6-9-21(19-24)26-15-4-5-16-28-26)25-14-7-10-22(20-25)27-29-17-8-18-30-27/h1-20H. The average Bonchev–Trinajstić information content (AvgIpc) is 2.86. The maximum absolute atomic E-state index is 4.51. The van der Waals surface area contributed by atoms with Crippen molar-refractivity contribution in [1.29, 1.82) is 0 Å². The lowest BCUT2D eigenvalue weighted by Crippen LogP contribution is -2.10. The summed E-state index contributed by atoms with van der Waals surface area (Å²) in [5.41, 5.74) is 6.16. The highest BCUT2D eigenvalue weighted by molar-refractivity contribution is 5.81. The molecule has 5 aromatic rings. The summed E-state index contributed by atoms with van der Waals surface area (Å²) in [6.07, 6.45) is 5.35. The largest absolute Gasteiger partial charge is 0.310 e. The van der Waals surface area contributed by atoms with Crippen LogP contribution in [0.2, 0.25) is 0 Å². The summed E-state index contributed by atoms with van der Waals surface area (Å²) in [6.45, 7) is 0. The fourth-order valence-electron chi connectivity index (χ4n) is 3.59. The molecule has 0 N–H and O–H groups in total. The van der Waals surface area contributed by atoms with Gasteiger partial charge in [0.1, 0.15) is 0 Å². The Balaban J connectivity index is 1.63. The minimum absolute atomic E-state index is 0.708. The molecule has 31 heavy (non-hydrogen) atoms. The molecule has 0 bridgehead atoms. The highest BCUT2D eigenvalue weighted by atomic mass is 15.1. The Morgan fingerprint density at radius 1 is 0.452 bits per heavy atom. The molecule has 0 saturated heterocycles. The fourth-order valence-corrected chi connectivity index (χ4v) is 3.59.